The Hall–Kier alpha value is -2.77. The van der Waals surface area contributed by atoms with Crippen LogP contribution in [0.25, 0.3) is 11.4 Å². The van der Waals surface area contributed by atoms with Crippen molar-refractivity contribution in [1.29, 1.82) is 0 Å². The van der Waals surface area contributed by atoms with Gasteiger partial charge in [0.2, 0.25) is 5.88 Å². The maximum absolute atomic E-state index is 14.8. The number of halogens is 2. The van der Waals surface area contributed by atoms with Gasteiger partial charge in [-0.3, -0.25) is 4.79 Å². The smallest absolute Gasteiger partial charge is 0.303 e. The molecule has 6 nitrogen and oxygen atoms in total. The average Bonchev–Trinajstić information content (AvgIpc) is 3.00. The molecular formula is C20H23F2N3O3. The molecule has 0 aliphatic carbocycles. The summed E-state index contributed by atoms with van der Waals surface area (Å²) < 4.78 is 35.1. The number of rotatable bonds is 6. The van der Waals surface area contributed by atoms with E-state index in [1.54, 1.807) is 17.9 Å². The minimum Gasteiger partial charge on any atom is -0.481 e. The highest BCUT2D eigenvalue weighted by Gasteiger charge is 2.28. The van der Waals surface area contributed by atoms with Crippen LogP contribution in [-0.4, -0.2) is 40.2 Å². The van der Waals surface area contributed by atoms with Crippen LogP contribution in [0.2, 0.25) is 0 Å². The van der Waals surface area contributed by atoms with Crippen molar-refractivity contribution in [3.63, 3.8) is 0 Å². The van der Waals surface area contributed by atoms with Crippen LogP contribution in [0, 0.1) is 24.5 Å². The van der Waals surface area contributed by atoms with Crippen LogP contribution in [0.1, 0.15) is 32.4 Å². The second-order valence-corrected chi connectivity index (χ2v) is 7.32. The van der Waals surface area contributed by atoms with Gasteiger partial charge in [0.15, 0.2) is 5.82 Å². The fraction of sp³-hybridized carbons (Fsp3) is 0.450. The molecule has 2 heterocycles. The van der Waals surface area contributed by atoms with Crippen molar-refractivity contribution in [2.75, 3.05) is 18.0 Å². The van der Waals surface area contributed by atoms with Crippen molar-refractivity contribution in [1.82, 2.24) is 9.97 Å². The van der Waals surface area contributed by atoms with Crippen molar-refractivity contribution in [3.05, 3.63) is 35.5 Å². The van der Waals surface area contributed by atoms with Gasteiger partial charge >= 0.3 is 5.97 Å². The maximum atomic E-state index is 14.8. The number of aryl methyl sites for hydroxylation is 1. The zero-order valence-corrected chi connectivity index (χ0v) is 16.1. The monoisotopic (exact) mass is 391 g/mol. The van der Waals surface area contributed by atoms with Crippen molar-refractivity contribution >= 4 is 11.7 Å². The number of carbonyl (C=O) groups is 1. The normalized spacial score (nSPS) is 16.6. The number of hydrogen-bond acceptors (Lipinski definition) is 5. The van der Waals surface area contributed by atoms with Crippen molar-refractivity contribution in [2.45, 2.75) is 39.7 Å². The van der Waals surface area contributed by atoms with Crippen LogP contribution in [0.3, 0.4) is 0 Å². The number of nitrogens with zero attached hydrogens (tertiary/aromatic N) is 3. The molecule has 1 aromatic carbocycles. The van der Waals surface area contributed by atoms with E-state index in [1.807, 2.05) is 13.8 Å². The number of aliphatic carboxylic acids is 1. The number of aromatic nitrogens is 2. The third-order valence-corrected chi connectivity index (χ3v) is 4.53. The molecule has 1 aliphatic heterocycles. The van der Waals surface area contributed by atoms with E-state index in [1.165, 1.54) is 12.1 Å². The topological polar surface area (TPSA) is 75.5 Å². The second-order valence-electron chi connectivity index (χ2n) is 7.32. The fourth-order valence-electron chi connectivity index (χ4n) is 3.42. The van der Waals surface area contributed by atoms with Crippen molar-refractivity contribution < 1.29 is 23.4 Å². The highest BCUT2D eigenvalue weighted by atomic mass is 19.1. The van der Waals surface area contributed by atoms with Crippen molar-refractivity contribution in [2.24, 2.45) is 5.92 Å². The first-order valence-corrected chi connectivity index (χ1v) is 9.21. The lowest BCUT2D eigenvalue weighted by Crippen LogP contribution is -2.23. The van der Waals surface area contributed by atoms with Gasteiger partial charge in [0.25, 0.3) is 0 Å². The van der Waals surface area contributed by atoms with Crippen LogP contribution in [-0.2, 0) is 4.79 Å². The predicted octanol–water partition coefficient (Wildman–Crippen LogP) is 3.82. The number of hydrogen-bond donors (Lipinski definition) is 1. The number of ether oxygens (including phenoxy) is 1. The van der Waals surface area contributed by atoms with Gasteiger partial charge in [0.1, 0.15) is 17.3 Å². The van der Waals surface area contributed by atoms with E-state index in [4.69, 9.17) is 9.84 Å². The van der Waals surface area contributed by atoms with E-state index in [0.29, 0.717) is 31.1 Å². The lowest BCUT2D eigenvalue weighted by atomic mass is 10.1. The summed E-state index contributed by atoms with van der Waals surface area (Å²) in [5, 5.41) is 8.91. The minimum atomic E-state index is -0.904. The van der Waals surface area contributed by atoms with Gasteiger partial charge in [0.05, 0.1) is 6.10 Å². The van der Waals surface area contributed by atoms with E-state index in [2.05, 4.69) is 9.97 Å². The molecular weight excluding hydrogens is 368 g/mol. The maximum Gasteiger partial charge on any atom is 0.303 e. The second kappa shape index (κ2) is 8.08. The Balaban J connectivity index is 1.89. The Labute approximate surface area is 162 Å². The highest BCUT2D eigenvalue weighted by molar-refractivity contribution is 5.67. The molecule has 1 N–H and O–H groups in total. The van der Waals surface area contributed by atoms with Crippen LogP contribution < -0.4 is 9.64 Å². The minimum absolute atomic E-state index is 0.00637. The highest BCUT2D eigenvalue weighted by Crippen LogP contribution is 2.33. The molecule has 0 saturated carbocycles. The molecule has 0 amide bonds. The first-order chi connectivity index (χ1) is 13.2. The summed E-state index contributed by atoms with van der Waals surface area (Å²) in [5.74, 6) is -1.93. The van der Waals surface area contributed by atoms with E-state index in [-0.39, 0.29) is 35.5 Å². The molecule has 0 radical (unpaired) electrons. The number of carboxylic acid groups (broad SMARTS) is 1. The summed E-state index contributed by atoms with van der Waals surface area (Å²) in [5.41, 5.74) is 0.710. The Kier molecular flexibility index (Phi) is 5.76. The molecule has 28 heavy (non-hydrogen) atoms. The third-order valence-electron chi connectivity index (χ3n) is 4.53. The summed E-state index contributed by atoms with van der Waals surface area (Å²) in [6, 6.07) is 4.07. The van der Waals surface area contributed by atoms with Crippen LogP contribution in [0.15, 0.2) is 18.2 Å². The largest absolute Gasteiger partial charge is 0.481 e. The fourth-order valence-corrected chi connectivity index (χ4v) is 3.42. The zero-order valence-electron chi connectivity index (χ0n) is 16.1. The lowest BCUT2D eigenvalue weighted by Gasteiger charge is -2.20. The van der Waals surface area contributed by atoms with Gasteiger partial charge in [-0.25, -0.2) is 13.8 Å². The Morgan fingerprint density at radius 2 is 1.96 bits per heavy atom. The predicted molar refractivity (Wildman–Crippen MR) is 100 cm³/mol. The standard InChI is InChI=1S/C20H23F2N3O3/c1-11(2)28-17-6-12(3)23-20(24-17)14-8-15(21)19(16(22)9-14)25-5-4-13(10-25)7-18(26)27/h6,8-9,11,13H,4-5,7,10H2,1-3H3,(H,26,27). The summed E-state index contributed by atoms with van der Waals surface area (Å²) in [6.07, 6.45) is 0.490. The molecule has 0 spiro atoms. The summed E-state index contributed by atoms with van der Waals surface area (Å²) in [4.78, 5) is 20.9. The van der Waals surface area contributed by atoms with Gasteiger partial charge in [-0.1, -0.05) is 0 Å². The van der Waals surface area contributed by atoms with Gasteiger partial charge in [0, 0.05) is 36.8 Å². The Bertz CT molecular complexity index is 866. The molecule has 3 rings (SSSR count). The van der Waals surface area contributed by atoms with Crippen LogP contribution in [0.5, 0.6) is 5.88 Å². The van der Waals surface area contributed by atoms with Crippen LogP contribution >= 0.6 is 0 Å². The molecule has 1 aliphatic rings. The van der Waals surface area contributed by atoms with E-state index >= 15 is 0 Å². The van der Waals surface area contributed by atoms with E-state index in [0.717, 1.165) is 0 Å². The zero-order chi connectivity index (χ0) is 20.4. The number of carboxylic acids is 1. The van der Waals surface area contributed by atoms with Crippen molar-refractivity contribution in [3.8, 4) is 17.3 Å². The third kappa shape index (κ3) is 4.55. The number of anilines is 1. The molecule has 1 fully saturated rings. The molecule has 1 saturated heterocycles. The molecule has 1 unspecified atom stereocenters. The Morgan fingerprint density at radius 1 is 1.29 bits per heavy atom. The quantitative estimate of drug-likeness (QED) is 0.807. The van der Waals surface area contributed by atoms with E-state index in [9.17, 15) is 13.6 Å². The summed E-state index contributed by atoms with van der Waals surface area (Å²) in [7, 11) is 0. The molecule has 8 heteroatoms. The van der Waals surface area contributed by atoms with Gasteiger partial charge in [-0.15, -0.1) is 0 Å². The number of benzene rings is 1. The SMILES string of the molecule is Cc1cc(OC(C)C)nc(-c2cc(F)c(N3CCC(CC(=O)O)C3)c(F)c2)n1. The first kappa shape index (κ1) is 20.0. The van der Waals surface area contributed by atoms with Gasteiger partial charge < -0.3 is 14.7 Å². The summed E-state index contributed by atoms with van der Waals surface area (Å²) in [6.45, 7) is 6.20. The lowest BCUT2D eigenvalue weighted by molar-refractivity contribution is -0.137. The molecule has 0 bridgehead atoms. The molecule has 2 aromatic rings. The Morgan fingerprint density at radius 3 is 2.57 bits per heavy atom. The van der Waals surface area contributed by atoms with E-state index < -0.39 is 17.6 Å². The molecule has 1 aromatic heterocycles. The summed E-state index contributed by atoms with van der Waals surface area (Å²) >= 11 is 0. The van der Waals surface area contributed by atoms with Gasteiger partial charge in [-0.2, -0.15) is 4.98 Å². The van der Waals surface area contributed by atoms with Crippen LogP contribution in [0.4, 0.5) is 14.5 Å². The molecule has 150 valence electrons. The molecule has 1 atom stereocenters. The first-order valence-electron chi connectivity index (χ1n) is 9.21. The van der Waals surface area contributed by atoms with Gasteiger partial charge in [-0.05, 0) is 45.2 Å². The average molecular weight is 391 g/mol.